The monoisotopic (exact) mass is 210 g/mol. The third-order valence-electron chi connectivity index (χ3n) is 2.39. The zero-order chi connectivity index (χ0) is 11.5. The molecule has 4 nitrogen and oxygen atoms in total. The van der Waals surface area contributed by atoms with Crippen LogP contribution in [-0.2, 0) is 9.59 Å². The average Bonchev–Trinajstić information content (AvgIpc) is 2.24. The Hall–Kier alpha value is -1.24. The first-order valence-corrected chi connectivity index (χ1v) is 5.40. The van der Waals surface area contributed by atoms with Gasteiger partial charge in [-0.15, -0.1) is 0 Å². The van der Waals surface area contributed by atoms with Gasteiger partial charge in [-0.1, -0.05) is 39.5 Å². The van der Waals surface area contributed by atoms with Gasteiger partial charge in [-0.2, -0.15) is 9.98 Å². The lowest BCUT2D eigenvalue weighted by Gasteiger charge is -2.12. The predicted molar refractivity (Wildman–Crippen MR) is 58.0 cm³/mol. The molecule has 0 aliphatic rings. The van der Waals surface area contributed by atoms with Crippen LogP contribution in [0.25, 0.3) is 0 Å². The van der Waals surface area contributed by atoms with Crippen LogP contribution in [0.4, 0.5) is 0 Å². The molecule has 15 heavy (non-hydrogen) atoms. The Kier molecular flexibility index (Phi) is 8.55. The first-order valence-electron chi connectivity index (χ1n) is 5.40. The van der Waals surface area contributed by atoms with Crippen molar-refractivity contribution in [2.75, 3.05) is 0 Å². The highest BCUT2D eigenvalue weighted by Crippen LogP contribution is 2.16. The van der Waals surface area contributed by atoms with Crippen molar-refractivity contribution in [1.29, 1.82) is 0 Å². The van der Waals surface area contributed by atoms with Crippen molar-refractivity contribution >= 4 is 12.2 Å². The van der Waals surface area contributed by atoms with Crippen molar-refractivity contribution in [3.63, 3.8) is 0 Å². The van der Waals surface area contributed by atoms with Gasteiger partial charge in [0.2, 0.25) is 12.2 Å². The molecule has 1 unspecified atom stereocenters. The highest BCUT2D eigenvalue weighted by Gasteiger charge is 2.14. The average molecular weight is 210 g/mol. The molecule has 0 aromatic heterocycles. The van der Waals surface area contributed by atoms with E-state index in [9.17, 15) is 9.59 Å². The van der Waals surface area contributed by atoms with Crippen LogP contribution in [0.1, 0.15) is 46.0 Å². The van der Waals surface area contributed by atoms with E-state index < -0.39 is 6.17 Å². The Morgan fingerprint density at radius 2 is 1.67 bits per heavy atom. The summed E-state index contributed by atoms with van der Waals surface area (Å²) < 4.78 is 0. The van der Waals surface area contributed by atoms with E-state index in [0.29, 0.717) is 0 Å². The molecule has 84 valence electrons. The number of hydrogen-bond donors (Lipinski definition) is 0. The normalized spacial score (nSPS) is 13.5. The van der Waals surface area contributed by atoms with Gasteiger partial charge < -0.3 is 0 Å². The maximum Gasteiger partial charge on any atom is 0.237 e. The summed E-state index contributed by atoms with van der Waals surface area (Å²) in [5.74, 6) is 0.102. The maximum absolute atomic E-state index is 10.1. The molecule has 4 heteroatoms. The molecule has 0 radical (unpaired) electrons. The molecule has 0 saturated heterocycles. The number of hydrogen-bond acceptors (Lipinski definition) is 4. The molecule has 0 N–H and O–H groups in total. The minimum atomic E-state index is -0.596. The van der Waals surface area contributed by atoms with Crippen LogP contribution >= 0.6 is 0 Å². The van der Waals surface area contributed by atoms with Crippen molar-refractivity contribution in [2.24, 2.45) is 15.9 Å². The second kappa shape index (κ2) is 9.32. The van der Waals surface area contributed by atoms with Crippen molar-refractivity contribution in [2.45, 2.75) is 52.1 Å². The highest BCUT2D eigenvalue weighted by atomic mass is 16.1. The van der Waals surface area contributed by atoms with Crippen molar-refractivity contribution in [1.82, 2.24) is 0 Å². The fraction of sp³-hybridized carbons (Fsp3) is 0.818. The summed E-state index contributed by atoms with van der Waals surface area (Å²) in [6.07, 6.45) is 7.85. The van der Waals surface area contributed by atoms with Crippen molar-refractivity contribution < 1.29 is 9.59 Å². The molecule has 0 aromatic rings. The first kappa shape index (κ1) is 13.8. The summed E-state index contributed by atoms with van der Waals surface area (Å²) in [7, 11) is 0. The number of unbranched alkanes of at least 4 members (excludes halogenated alkanes) is 3. The summed E-state index contributed by atoms with van der Waals surface area (Å²) in [4.78, 5) is 27.1. The zero-order valence-electron chi connectivity index (χ0n) is 9.40. The smallest absolute Gasteiger partial charge is 0.211 e. The Morgan fingerprint density at radius 3 is 2.13 bits per heavy atom. The van der Waals surface area contributed by atoms with Crippen LogP contribution < -0.4 is 0 Å². The molecule has 0 aliphatic heterocycles. The summed E-state index contributed by atoms with van der Waals surface area (Å²) in [5, 5.41) is 0. The topological polar surface area (TPSA) is 58.9 Å². The SMILES string of the molecule is CCCCCCC(C)C(N=C=O)N=C=O. The fourth-order valence-electron chi connectivity index (χ4n) is 1.43. The van der Waals surface area contributed by atoms with Crippen molar-refractivity contribution in [3.8, 4) is 0 Å². The highest BCUT2D eigenvalue weighted by molar-refractivity contribution is 5.37. The van der Waals surface area contributed by atoms with E-state index in [0.717, 1.165) is 12.8 Å². The summed E-state index contributed by atoms with van der Waals surface area (Å²) in [5.41, 5.74) is 0. The predicted octanol–water partition coefficient (Wildman–Crippen LogP) is 2.59. The third-order valence-corrected chi connectivity index (χ3v) is 2.39. The molecule has 0 heterocycles. The first-order chi connectivity index (χ1) is 7.26. The van der Waals surface area contributed by atoms with Gasteiger partial charge in [-0.05, 0) is 6.42 Å². The second-order valence-corrected chi connectivity index (χ2v) is 3.68. The van der Waals surface area contributed by atoms with Gasteiger partial charge in [0.05, 0.1) is 0 Å². The molecule has 0 spiro atoms. The lowest BCUT2D eigenvalue weighted by molar-refractivity contribution is 0.413. The summed E-state index contributed by atoms with van der Waals surface area (Å²) >= 11 is 0. The third kappa shape index (κ3) is 6.78. The maximum atomic E-state index is 10.1. The van der Waals surface area contributed by atoms with Crippen LogP contribution in [-0.4, -0.2) is 18.3 Å². The van der Waals surface area contributed by atoms with Crippen LogP contribution in [0.3, 0.4) is 0 Å². The number of nitrogens with zero attached hydrogens (tertiary/aromatic N) is 2. The van der Waals surface area contributed by atoms with Gasteiger partial charge in [0.25, 0.3) is 0 Å². The number of rotatable bonds is 8. The van der Waals surface area contributed by atoms with Gasteiger partial charge in [0, 0.05) is 5.92 Å². The van der Waals surface area contributed by atoms with Crippen molar-refractivity contribution in [3.05, 3.63) is 0 Å². The molecule has 0 fully saturated rings. The molecule has 0 amide bonds. The lowest BCUT2D eigenvalue weighted by atomic mass is 10.0. The van der Waals surface area contributed by atoms with Crippen LogP contribution in [0.5, 0.6) is 0 Å². The largest absolute Gasteiger partial charge is 0.237 e. The molecular weight excluding hydrogens is 192 g/mol. The van der Waals surface area contributed by atoms with Gasteiger partial charge in [-0.25, -0.2) is 9.59 Å². The molecule has 0 aromatic carbocycles. The van der Waals surface area contributed by atoms with E-state index in [2.05, 4.69) is 16.9 Å². The van der Waals surface area contributed by atoms with E-state index in [1.165, 1.54) is 31.4 Å². The second-order valence-electron chi connectivity index (χ2n) is 3.68. The van der Waals surface area contributed by atoms with Gasteiger partial charge in [0.1, 0.15) is 0 Å². The number of isocyanates is 2. The number of carbonyl (C=O) groups excluding carboxylic acids is 2. The van der Waals surface area contributed by atoms with Crippen LogP contribution in [0, 0.1) is 5.92 Å². The standard InChI is InChI=1S/C11H18N2O2/c1-3-4-5-6-7-10(2)11(12-8-14)13-9-15/h10-11H,3-7H2,1-2H3. The van der Waals surface area contributed by atoms with E-state index in [-0.39, 0.29) is 5.92 Å². The Morgan fingerprint density at radius 1 is 1.07 bits per heavy atom. The minimum absolute atomic E-state index is 0.102. The molecule has 0 saturated carbocycles. The Bertz CT molecular complexity index is 235. The fourth-order valence-corrected chi connectivity index (χ4v) is 1.43. The summed E-state index contributed by atoms with van der Waals surface area (Å²) in [6.45, 7) is 4.08. The van der Waals surface area contributed by atoms with E-state index >= 15 is 0 Å². The Balaban J connectivity index is 3.97. The van der Waals surface area contributed by atoms with Crippen LogP contribution in [0.2, 0.25) is 0 Å². The van der Waals surface area contributed by atoms with Gasteiger partial charge in [0.15, 0.2) is 6.17 Å². The van der Waals surface area contributed by atoms with Gasteiger partial charge >= 0.3 is 0 Å². The van der Waals surface area contributed by atoms with Crippen LogP contribution in [0.15, 0.2) is 9.98 Å². The minimum Gasteiger partial charge on any atom is -0.211 e. The lowest BCUT2D eigenvalue weighted by Crippen LogP contribution is -2.12. The molecular formula is C11H18N2O2. The molecule has 0 bridgehead atoms. The zero-order valence-corrected chi connectivity index (χ0v) is 9.40. The van der Waals surface area contributed by atoms with Gasteiger partial charge in [-0.3, -0.25) is 0 Å². The molecule has 1 atom stereocenters. The van der Waals surface area contributed by atoms with E-state index in [1.54, 1.807) is 0 Å². The van der Waals surface area contributed by atoms with E-state index in [1.807, 2.05) is 6.92 Å². The number of aliphatic imine (C=N–C) groups is 2. The molecule has 0 aliphatic carbocycles. The Labute approximate surface area is 90.5 Å². The quantitative estimate of drug-likeness (QED) is 0.351. The molecule has 0 rings (SSSR count). The summed E-state index contributed by atoms with van der Waals surface area (Å²) in [6, 6.07) is 0. The van der Waals surface area contributed by atoms with E-state index in [4.69, 9.17) is 0 Å².